The second-order valence-electron chi connectivity index (χ2n) is 5.81. The minimum atomic E-state index is -0.175. The molecule has 0 saturated heterocycles. The van der Waals surface area contributed by atoms with E-state index in [0.717, 1.165) is 24.1 Å². The highest BCUT2D eigenvalue weighted by molar-refractivity contribution is 5.92. The van der Waals surface area contributed by atoms with E-state index in [1.807, 2.05) is 32.0 Å². The van der Waals surface area contributed by atoms with Gasteiger partial charge in [-0.2, -0.15) is 0 Å². The van der Waals surface area contributed by atoms with E-state index in [9.17, 15) is 4.79 Å². The molecule has 1 aromatic heterocycles. The van der Waals surface area contributed by atoms with Crippen LogP contribution in [0.15, 0.2) is 30.3 Å². The van der Waals surface area contributed by atoms with Gasteiger partial charge in [-0.3, -0.25) is 4.79 Å². The fourth-order valence-electron chi connectivity index (χ4n) is 2.25. The first-order valence-corrected chi connectivity index (χ1v) is 7.56. The summed E-state index contributed by atoms with van der Waals surface area (Å²) in [6.07, 6.45) is 2.29. The molecule has 1 amide bonds. The molecular formula is C17H20N4O. The number of carbonyl (C=O) groups excluding carboxylic acids is 1. The normalized spacial score (nSPS) is 13.7. The van der Waals surface area contributed by atoms with Gasteiger partial charge < -0.3 is 10.6 Å². The number of hydrogen-bond acceptors (Lipinski definition) is 4. The molecule has 1 aliphatic carbocycles. The zero-order chi connectivity index (χ0) is 15.5. The Morgan fingerprint density at radius 1 is 1.23 bits per heavy atom. The van der Waals surface area contributed by atoms with Gasteiger partial charge in [-0.25, -0.2) is 9.97 Å². The zero-order valence-electron chi connectivity index (χ0n) is 12.9. The van der Waals surface area contributed by atoms with Crippen molar-refractivity contribution in [2.75, 3.05) is 5.32 Å². The molecule has 1 fully saturated rings. The van der Waals surface area contributed by atoms with Gasteiger partial charge in [-0.15, -0.1) is 0 Å². The summed E-state index contributed by atoms with van der Waals surface area (Å²) >= 11 is 0. The fourth-order valence-corrected chi connectivity index (χ4v) is 2.25. The molecule has 0 radical (unpaired) electrons. The maximum atomic E-state index is 12.3. The van der Waals surface area contributed by atoms with Crippen LogP contribution < -0.4 is 10.6 Å². The lowest BCUT2D eigenvalue weighted by Crippen LogP contribution is -2.24. The van der Waals surface area contributed by atoms with E-state index in [2.05, 4.69) is 26.7 Å². The quantitative estimate of drug-likeness (QED) is 0.890. The van der Waals surface area contributed by atoms with E-state index >= 15 is 0 Å². The third-order valence-corrected chi connectivity index (χ3v) is 3.53. The molecular weight excluding hydrogens is 276 g/mol. The number of carbonyl (C=O) groups is 1. The van der Waals surface area contributed by atoms with Gasteiger partial charge in [0.1, 0.15) is 5.69 Å². The van der Waals surface area contributed by atoms with Gasteiger partial charge in [0.2, 0.25) is 5.95 Å². The van der Waals surface area contributed by atoms with Crippen LogP contribution in [0, 0.1) is 13.8 Å². The lowest BCUT2D eigenvalue weighted by molar-refractivity contribution is 0.0945. The van der Waals surface area contributed by atoms with Gasteiger partial charge in [0.25, 0.3) is 5.91 Å². The van der Waals surface area contributed by atoms with E-state index in [4.69, 9.17) is 0 Å². The van der Waals surface area contributed by atoms with Crippen molar-refractivity contribution < 1.29 is 4.79 Å². The lowest BCUT2D eigenvalue weighted by Gasteiger charge is -2.08. The van der Waals surface area contributed by atoms with E-state index < -0.39 is 0 Å². The SMILES string of the molecule is Cc1cccc(CNC(=O)c2cc(C)nc(NC3CC3)n2)c1. The van der Waals surface area contributed by atoms with Crippen LogP contribution in [0.1, 0.15) is 40.2 Å². The molecule has 2 aromatic rings. The number of aromatic nitrogens is 2. The van der Waals surface area contributed by atoms with Gasteiger partial charge in [0, 0.05) is 18.3 Å². The highest BCUT2D eigenvalue weighted by Gasteiger charge is 2.22. The molecule has 5 nitrogen and oxygen atoms in total. The smallest absolute Gasteiger partial charge is 0.270 e. The van der Waals surface area contributed by atoms with Crippen LogP contribution in [-0.2, 0) is 6.54 Å². The first-order valence-electron chi connectivity index (χ1n) is 7.56. The molecule has 0 aliphatic heterocycles. The number of benzene rings is 1. The van der Waals surface area contributed by atoms with Crippen molar-refractivity contribution in [3.05, 3.63) is 52.8 Å². The average Bonchev–Trinajstić information content (AvgIpc) is 3.28. The van der Waals surface area contributed by atoms with Crippen LogP contribution >= 0.6 is 0 Å². The molecule has 1 heterocycles. The van der Waals surface area contributed by atoms with Crippen LogP contribution in [0.2, 0.25) is 0 Å². The van der Waals surface area contributed by atoms with Gasteiger partial charge in [0.15, 0.2) is 0 Å². The minimum absolute atomic E-state index is 0.175. The second-order valence-corrected chi connectivity index (χ2v) is 5.81. The van der Waals surface area contributed by atoms with Crippen molar-refractivity contribution in [3.63, 3.8) is 0 Å². The van der Waals surface area contributed by atoms with Crippen molar-refractivity contribution in [1.82, 2.24) is 15.3 Å². The monoisotopic (exact) mass is 296 g/mol. The third kappa shape index (κ3) is 3.81. The largest absolute Gasteiger partial charge is 0.351 e. The first-order chi connectivity index (χ1) is 10.6. The molecule has 0 spiro atoms. The molecule has 0 unspecified atom stereocenters. The molecule has 22 heavy (non-hydrogen) atoms. The van der Waals surface area contributed by atoms with Crippen LogP contribution in [0.3, 0.4) is 0 Å². The predicted octanol–water partition coefficient (Wildman–Crippen LogP) is 2.60. The number of rotatable bonds is 5. The Morgan fingerprint density at radius 2 is 2.05 bits per heavy atom. The molecule has 5 heteroatoms. The van der Waals surface area contributed by atoms with Crippen LogP contribution in [0.5, 0.6) is 0 Å². The van der Waals surface area contributed by atoms with Crippen molar-refractivity contribution >= 4 is 11.9 Å². The zero-order valence-corrected chi connectivity index (χ0v) is 12.9. The van der Waals surface area contributed by atoms with Crippen molar-refractivity contribution in [2.45, 2.75) is 39.3 Å². The Labute approximate surface area is 130 Å². The van der Waals surface area contributed by atoms with E-state index in [1.54, 1.807) is 6.07 Å². The van der Waals surface area contributed by atoms with Gasteiger partial charge in [-0.05, 0) is 38.3 Å². The molecule has 2 N–H and O–H groups in total. The molecule has 0 bridgehead atoms. The van der Waals surface area contributed by atoms with Crippen LogP contribution in [0.4, 0.5) is 5.95 Å². The molecule has 0 atom stereocenters. The molecule has 3 rings (SSSR count). The number of amides is 1. The minimum Gasteiger partial charge on any atom is -0.351 e. The Bertz CT molecular complexity index is 695. The molecule has 1 aromatic carbocycles. The molecule has 1 saturated carbocycles. The topological polar surface area (TPSA) is 66.9 Å². The fraction of sp³-hybridized carbons (Fsp3) is 0.353. The summed E-state index contributed by atoms with van der Waals surface area (Å²) in [7, 11) is 0. The van der Waals surface area contributed by atoms with Gasteiger partial charge in [-0.1, -0.05) is 29.8 Å². The summed E-state index contributed by atoms with van der Waals surface area (Å²) in [5.41, 5.74) is 3.46. The maximum Gasteiger partial charge on any atom is 0.270 e. The number of aryl methyl sites for hydroxylation is 2. The summed E-state index contributed by atoms with van der Waals surface area (Å²) in [4.78, 5) is 20.9. The van der Waals surface area contributed by atoms with Gasteiger partial charge in [0.05, 0.1) is 0 Å². The van der Waals surface area contributed by atoms with E-state index in [1.165, 1.54) is 5.56 Å². The summed E-state index contributed by atoms with van der Waals surface area (Å²) in [6.45, 7) is 4.40. The highest BCUT2D eigenvalue weighted by Crippen LogP contribution is 2.23. The summed E-state index contributed by atoms with van der Waals surface area (Å²) in [5, 5.41) is 6.14. The van der Waals surface area contributed by atoms with Crippen LogP contribution in [-0.4, -0.2) is 21.9 Å². The summed E-state index contributed by atoms with van der Waals surface area (Å²) in [5.74, 6) is 0.369. The summed E-state index contributed by atoms with van der Waals surface area (Å²) < 4.78 is 0. The maximum absolute atomic E-state index is 12.3. The molecule has 1 aliphatic rings. The second kappa shape index (κ2) is 6.13. The Hall–Kier alpha value is -2.43. The first kappa shape index (κ1) is 14.5. The van der Waals surface area contributed by atoms with Crippen LogP contribution in [0.25, 0.3) is 0 Å². The van der Waals surface area contributed by atoms with Crippen molar-refractivity contribution in [2.24, 2.45) is 0 Å². The highest BCUT2D eigenvalue weighted by atomic mass is 16.1. The Balaban J connectivity index is 1.67. The third-order valence-electron chi connectivity index (χ3n) is 3.53. The lowest BCUT2D eigenvalue weighted by atomic mass is 10.1. The number of hydrogen-bond donors (Lipinski definition) is 2. The summed E-state index contributed by atoms with van der Waals surface area (Å²) in [6, 6.07) is 10.3. The molecule has 114 valence electrons. The van der Waals surface area contributed by atoms with Crippen molar-refractivity contribution in [3.8, 4) is 0 Å². The number of nitrogens with one attached hydrogen (secondary N) is 2. The number of nitrogens with zero attached hydrogens (tertiary/aromatic N) is 2. The Morgan fingerprint density at radius 3 is 2.77 bits per heavy atom. The predicted molar refractivity (Wildman–Crippen MR) is 85.8 cm³/mol. The van der Waals surface area contributed by atoms with E-state index in [-0.39, 0.29) is 5.91 Å². The van der Waals surface area contributed by atoms with Gasteiger partial charge >= 0.3 is 0 Å². The van der Waals surface area contributed by atoms with E-state index in [0.29, 0.717) is 24.2 Å². The average molecular weight is 296 g/mol. The standard InChI is InChI=1S/C17H20N4O/c1-11-4-3-5-13(8-11)10-18-16(22)15-9-12(2)19-17(21-15)20-14-6-7-14/h3-5,8-9,14H,6-7,10H2,1-2H3,(H,18,22)(H,19,20,21). The van der Waals surface area contributed by atoms with Crippen molar-refractivity contribution in [1.29, 1.82) is 0 Å². The number of anilines is 1. The Kier molecular flexibility index (Phi) is 4.04.